The van der Waals surface area contributed by atoms with Crippen molar-refractivity contribution in [2.75, 3.05) is 45.9 Å². The SMILES string of the molecule is CCN(CC)[C@H](CNC(=O)N1CCC2(CC1)OCCO2)CC(C)C. The molecule has 0 aromatic rings. The maximum absolute atomic E-state index is 12.5. The van der Waals surface area contributed by atoms with E-state index >= 15 is 0 Å². The average molecular weight is 341 g/mol. The predicted molar refractivity (Wildman–Crippen MR) is 95.0 cm³/mol. The molecule has 1 spiro atoms. The summed E-state index contributed by atoms with van der Waals surface area (Å²) in [4.78, 5) is 16.8. The van der Waals surface area contributed by atoms with Gasteiger partial charge in [0.25, 0.3) is 0 Å². The number of hydrogen-bond acceptors (Lipinski definition) is 4. The van der Waals surface area contributed by atoms with E-state index in [1.807, 2.05) is 4.90 Å². The molecule has 2 saturated heterocycles. The Morgan fingerprint density at radius 3 is 2.25 bits per heavy atom. The van der Waals surface area contributed by atoms with E-state index in [4.69, 9.17) is 9.47 Å². The Morgan fingerprint density at radius 1 is 1.17 bits per heavy atom. The van der Waals surface area contributed by atoms with Gasteiger partial charge in [-0.2, -0.15) is 0 Å². The highest BCUT2D eigenvalue weighted by Gasteiger charge is 2.40. The van der Waals surface area contributed by atoms with Crippen molar-refractivity contribution in [1.29, 1.82) is 0 Å². The molecule has 0 aromatic heterocycles. The van der Waals surface area contributed by atoms with Crippen molar-refractivity contribution in [1.82, 2.24) is 15.1 Å². The molecule has 140 valence electrons. The van der Waals surface area contributed by atoms with Crippen molar-refractivity contribution in [3.8, 4) is 0 Å². The molecule has 1 atom stereocenters. The molecule has 6 heteroatoms. The molecule has 24 heavy (non-hydrogen) atoms. The highest BCUT2D eigenvalue weighted by molar-refractivity contribution is 5.74. The smallest absolute Gasteiger partial charge is 0.317 e. The molecule has 2 fully saturated rings. The first-order valence-corrected chi connectivity index (χ1v) is 9.54. The van der Waals surface area contributed by atoms with Gasteiger partial charge in [-0.05, 0) is 25.4 Å². The number of rotatable bonds is 7. The van der Waals surface area contributed by atoms with Gasteiger partial charge in [0.15, 0.2) is 5.79 Å². The van der Waals surface area contributed by atoms with Crippen molar-refractivity contribution in [2.24, 2.45) is 5.92 Å². The zero-order valence-corrected chi connectivity index (χ0v) is 15.8. The van der Waals surface area contributed by atoms with E-state index in [2.05, 4.69) is 37.9 Å². The number of hydrogen-bond donors (Lipinski definition) is 1. The molecule has 2 heterocycles. The van der Waals surface area contributed by atoms with Crippen LogP contribution in [0, 0.1) is 5.92 Å². The Hall–Kier alpha value is -0.850. The molecule has 0 unspecified atom stereocenters. The lowest BCUT2D eigenvalue weighted by atomic mass is 10.0. The largest absolute Gasteiger partial charge is 0.347 e. The summed E-state index contributed by atoms with van der Waals surface area (Å²) in [5.41, 5.74) is 0. The third-order valence-corrected chi connectivity index (χ3v) is 5.19. The van der Waals surface area contributed by atoms with Gasteiger partial charge in [0, 0.05) is 38.5 Å². The lowest BCUT2D eigenvalue weighted by Crippen LogP contribution is -2.52. The van der Waals surface area contributed by atoms with Gasteiger partial charge in [0.2, 0.25) is 0 Å². The molecule has 0 aromatic carbocycles. The van der Waals surface area contributed by atoms with Crippen molar-refractivity contribution >= 4 is 6.03 Å². The van der Waals surface area contributed by atoms with E-state index in [1.165, 1.54) is 0 Å². The standard InChI is InChI=1S/C18H35N3O3/c1-5-20(6-2)16(13-15(3)4)14-19-17(22)21-9-7-18(8-10-21)23-11-12-24-18/h15-16H,5-14H2,1-4H3,(H,19,22)/t16-/m0/s1. The quantitative estimate of drug-likeness (QED) is 0.772. The minimum atomic E-state index is -0.418. The second kappa shape index (κ2) is 9.02. The minimum Gasteiger partial charge on any atom is -0.347 e. The molecule has 2 rings (SSSR count). The van der Waals surface area contributed by atoms with E-state index in [1.54, 1.807) is 0 Å². The van der Waals surface area contributed by atoms with E-state index in [0.29, 0.717) is 44.8 Å². The number of urea groups is 1. The fourth-order valence-corrected chi connectivity index (χ4v) is 3.80. The van der Waals surface area contributed by atoms with Crippen LogP contribution in [0.1, 0.15) is 47.0 Å². The third kappa shape index (κ3) is 5.07. The van der Waals surface area contributed by atoms with Crippen LogP contribution in [0.4, 0.5) is 4.79 Å². The number of likely N-dealkylation sites (N-methyl/N-ethyl adjacent to an activating group) is 1. The summed E-state index contributed by atoms with van der Waals surface area (Å²) >= 11 is 0. The van der Waals surface area contributed by atoms with E-state index in [0.717, 1.165) is 32.4 Å². The summed E-state index contributed by atoms with van der Waals surface area (Å²) in [5, 5.41) is 3.15. The minimum absolute atomic E-state index is 0.0451. The van der Waals surface area contributed by atoms with Gasteiger partial charge < -0.3 is 19.7 Å². The first kappa shape index (κ1) is 19.5. The Labute approximate surface area is 146 Å². The molecule has 2 aliphatic heterocycles. The second-order valence-electron chi connectivity index (χ2n) is 7.29. The Bertz CT molecular complexity index is 383. The van der Waals surface area contributed by atoms with Gasteiger partial charge in [0.05, 0.1) is 13.2 Å². The number of likely N-dealkylation sites (tertiary alicyclic amines) is 1. The van der Waals surface area contributed by atoms with Crippen LogP contribution in [0.25, 0.3) is 0 Å². The topological polar surface area (TPSA) is 54.0 Å². The van der Waals surface area contributed by atoms with E-state index < -0.39 is 5.79 Å². The molecule has 0 bridgehead atoms. The molecule has 2 aliphatic rings. The number of nitrogens with zero attached hydrogens (tertiary/aromatic N) is 2. The van der Waals surface area contributed by atoms with Crippen LogP contribution in [0.5, 0.6) is 0 Å². The lowest BCUT2D eigenvalue weighted by Gasteiger charge is -2.38. The van der Waals surface area contributed by atoms with E-state index in [9.17, 15) is 4.79 Å². The second-order valence-corrected chi connectivity index (χ2v) is 7.29. The molecule has 6 nitrogen and oxygen atoms in total. The Balaban J connectivity index is 1.80. The monoisotopic (exact) mass is 341 g/mol. The first-order valence-electron chi connectivity index (χ1n) is 9.54. The van der Waals surface area contributed by atoms with Crippen LogP contribution in [-0.2, 0) is 9.47 Å². The van der Waals surface area contributed by atoms with Gasteiger partial charge in [-0.3, -0.25) is 4.90 Å². The van der Waals surface area contributed by atoms with Crippen LogP contribution in [0.3, 0.4) is 0 Å². The highest BCUT2D eigenvalue weighted by atomic mass is 16.7. The fraction of sp³-hybridized carbons (Fsp3) is 0.944. The van der Waals surface area contributed by atoms with Crippen LogP contribution in [0.2, 0.25) is 0 Å². The highest BCUT2D eigenvalue weighted by Crippen LogP contribution is 2.31. The lowest BCUT2D eigenvalue weighted by molar-refractivity contribution is -0.181. The summed E-state index contributed by atoms with van der Waals surface area (Å²) in [7, 11) is 0. The predicted octanol–water partition coefficient (Wildman–Crippen LogP) is 2.29. The number of carbonyl (C=O) groups is 1. The molecule has 0 aliphatic carbocycles. The molecular formula is C18H35N3O3. The van der Waals surface area contributed by atoms with Crippen LogP contribution in [0.15, 0.2) is 0 Å². The van der Waals surface area contributed by atoms with Crippen molar-refractivity contribution in [3.05, 3.63) is 0 Å². The summed E-state index contributed by atoms with van der Waals surface area (Å²) in [5.74, 6) is 0.206. The molecule has 0 radical (unpaired) electrons. The first-order chi connectivity index (χ1) is 11.5. The number of ether oxygens (including phenoxy) is 2. The van der Waals surface area contributed by atoms with Crippen molar-refractivity contribution in [3.63, 3.8) is 0 Å². The Morgan fingerprint density at radius 2 is 1.75 bits per heavy atom. The summed E-state index contributed by atoms with van der Waals surface area (Å²) in [6.07, 6.45) is 2.64. The zero-order valence-electron chi connectivity index (χ0n) is 15.8. The molecular weight excluding hydrogens is 306 g/mol. The molecule has 0 saturated carbocycles. The normalized spacial score (nSPS) is 21.7. The zero-order chi connectivity index (χ0) is 17.6. The number of amides is 2. The number of carbonyl (C=O) groups excluding carboxylic acids is 1. The van der Waals surface area contributed by atoms with Gasteiger partial charge in [0.1, 0.15) is 0 Å². The summed E-state index contributed by atoms with van der Waals surface area (Å²) in [6, 6.07) is 0.449. The van der Waals surface area contributed by atoms with Gasteiger partial charge in [-0.25, -0.2) is 4.79 Å². The fourth-order valence-electron chi connectivity index (χ4n) is 3.80. The van der Waals surface area contributed by atoms with Crippen LogP contribution < -0.4 is 5.32 Å². The van der Waals surface area contributed by atoms with Crippen molar-refractivity contribution < 1.29 is 14.3 Å². The van der Waals surface area contributed by atoms with Gasteiger partial charge in [-0.15, -0.1) is 0 Å². The Kier molecular flexibility index (Phi) is 7.32. The molecule has 1 N–H and O–H groups in total. The maximum Gasteiger partial charge on any atom is 0.317 e. The van der Waals surface area contributed by atoms with E-state index in [-0.39, 0.29) is 6.03 Å². The van der Waals surface area contributed by atoms with Gasteiger partial charge in [-0.1, -0.05) is 27.7 Å². The van der Waals surface area contributed by atoms with Crippen molar-refractivity contribution in [2.45, 2.75) is 58.8 Å². The van der Waals surface area contributed by atoms with Crippen LogP contribution in [-0.4, -0.2) is 73.6 Å². The molecule has 2 amide bonds. The number of piperidine rings is 1. The maximum atomic E-state index is 12.5. The van der Waals surface area contributed by atoms with Crippen LogP contribution >= 0.6 is 0 Å². The average Bonchev–Trinajstić information content (AvgIpc) is 3.01. The number of nitrogens with one attached hydrogen (secondary N) is 1. The van der Waals surface area contributed by atoms with Gasteiger partial charge >= 0.3 is 6.03 Å². The third-order valence-electron chi connectivity index (χ3n) is 5.19. The summed E-state index contributed by atoms with van der Waals surface area (Å²) in [6.45, 7) is 14.4. The summed E-state index contributed by atoms with van der Waals surface area (Å²) < 4.78 is 11.4.